The Hall–Kier alpha value is -1.42. The lowest BCUT2D eigenvalue weighted by molar-refractivity contribution is 0.0453. The largest absolute Gasteiger partial charge is 0.335 e. The van der Waals surface area contributed by atoms with Crippen LogP contribution in [0.2, 0.25) is 0 Å². The monoisotopic (exact) mass is 208 g/mol. The number of nitrogens with two attached hydrogens (primary N) is 1. The molecule has 1 aromatic rings. The van der Waals surface area contributed by atoms with Gasteiger partial charge in [0, 0.05) is 24.2 Å². The van der Waals surface area contributed by atoms with Crippen LogP contribution in [-0.2, 0) is 0 Å². The van der Waals surface area contributed by atoms with Crippen LogP contribution in [0.1, 0.15) is 17.3 Å². The number of hydrogen-bond donors (Lipinski definition) is 1. The van der Waals surface area contributed by atoms with E-state index in [0.29, 0.717) is 18.7 Å². The van der Waals surface area contributed by atoms with Gasteiger partial charge in [-0.05, 0) is 25.1 Å². The predicted octanol–water partition coefficient (Wildman–Crippen LogP) is 0.999. The minimum Gasteiger partial charge on any atom is -0.335 e. The van der Waals surface area contributed by atoms with E-state index in [2.05, 4.69) is 0 Å². The first-order chi connectivity index (χ1) is 6.98. The summed E-state index contributed by atoms with van der Waals surface area (Å²) in [4.78, 5) is 13.4. The average molecular weight is 208 g/mol. The lowest BCUT2D eigenvalue weighted by Crippen LogP contribution is -2.66. The fourth-order valence-electron chi connectivity index (χ4n) is 1.77. The van der Waals surface area contributed by atoms with Crippen molar-refractivity contribution in [1.29, 1.82) is 0 Å². The second-order valence-electron chi connectivity index (χ2n) is 4.33. The molecular formula is C11H13FN2O. The number of hydrogen-bond acceptors (Lipinski definition) is 2. The quantitative estimate of drug-likeness (QED) is 0.748. The summed E-state index contributed by atoms with van der Waals surface area (Å²) in [6.45, 7) is 2.95. The maximum Gasteiger partial charge on any atom is 0.254 e. The van der Waals surface area contributed by atoms with Crippen LogP contribution in [0.5, 0.6) is 0 Å². The topological polar surface area (TPSA) is 46.3 Å². The molecule has 3 nitrogen and oxygen atoms in total. The molecule has 0 bridgehead atoms. The second-order valence-corrected chi connectivity index (χ2v) is 4.33. The van der Waals surface area contributed by atoms with E-state index in [4.69, 9.17) is 5.73 Å². The van der Waals surface area contributed by atoms with Gasteiger partial charge < -0.3 is 10.6 Å². The van der Waals surface area contributed by atoms with Gasteiger partial charge in [0.1, 0.15) is 5.82 Å². The van der Waals surface area contributed by atoms with E-state index < -0.39 is 5.82 Å². The van der Waals surface area contributed by atoms with Crippen molar-refractivity contribution < 1.29 is 9.18 Å². The van der Waals surface area contributed by atoms with Crippen LogP contribution in [0.4, 0.5) is 4.39 Å². The third-order valence-corrected chi connectivity index (χ3v) is 2.46. The van der Waals surface area contributed by atoms with E-state index in [0.717, 1.165) is 0 Å². The highest BCUT2D eigenvalue weighted by Crippen LogP contribution is 2.20. The Kier molecular flexibility index (Phi) is 2.23. The smallest absolute Gasteiger partial charge is 0.254 e. The van der Waals surface area contributed by atoms with Gasteiger partial charge in [-0.3, -0.25) is 4.79 Å². The van der Waals surface area contributed by atoms with Gasteiger partial charge in [0.25, 0.3) is 5.91 Å². The zero-order valence-electron chi connectivity index (χ0n) is 8.53. The standard InChI is InChI=1S/C11H13FN2O/c1-11(13)6-14(7-11)10(15)8-3-2-4-9(12)5-8/h2-5H,6-7,13H2,1H3. The van der Waals surface area contributed by atoms with Crippen molar-refractivity contribution in [1.82, 2.24) is 4.90 Å². The lowest BCUT2D eigenvalue weighted by atomic mass is 9.93. The van der Waals surface area contributed by atoms with Crippen molar-refractivity contribution in [2.75, 3.05) is 13.1 Å². The van der Waals surface area contributed by atoms with Gasteiger partial charge in [0.2, 0.25) is 0 Å². The Bertz CT molecular complexity index is 395. The molecule has 0 aliphatic carbocycles. The first-order valence-corrected chi connectivity index (χ1v) is 4.82. The molecule has 1 aliphatic rings. The Labute approximate surface area is 87.7 Å². The van der Waals surface area contributed by atoms with Crippen molar-refractivity contribution in [3.63, 3.8) is 0 Å². The van der Waals surface area contributed by atoms with Crippen molar-refractivity contribution >= 4 is 5.91 Å². The van der Waals surface area contributed by atoms with Crippen LogP contribution in [0.15, 0.2) is 24.3 Å². The van der Waals surface area contributed by atoms with Gasteiger partial charge in [-0.2, -0.15) is 0 Å². The Balaban J connectivity index is 2.10. The van der Waals surface area contributed by atoms with Crippen LogP contribution in [0.25, 0.3) is 0 Å². The normalized spacial score (nSPS) is 18.5. The summed E-state index contributed by atoms with van der Waals surface area (Å²) in [5.41, 5.74) is 5.88. The number of halogens is 1. The van der Waals surface area contributed by atoms with E-state index in [9.17, 15) is 9.18 Å². The average Bonchev–Trinajstić information content (AvgIpc) is 2.13. The Morgan fingerprint density at radius 3 is 2.73 bits per heavy atom. The molecule has 4 heteroatoms. The molecule has 0 atom stereocenters. The number of amides is 1. The maximum atomic E-state index is 12.9. The molecule has 0 radical (unpaired) electrons. The molecule has 1 aromatic carbocycles. The number of carbonyl (C=O) groups excluding carboxylic acids is 1. The van der Waals surface area contributed by atoms with Crippen molar-refractivity contribution in [2.45, 2.75) is 12.5 Å². The number of benzene rings is 1. The minimum absolute atomic E-state index is 0.155. The SMILES string of the molecule is CC1(N)CN(C(=O)c2cccc(F)c2)C1. The molecule has 0 spiro atoms. The first-order valence-electron chi connectivity index (χ1n) is 4.82. The van der Waals surface area contributed by atoms with Gasteiger partial charge in [-0.15, -0.1) is 0 Å². The van der Waals surface area contributed by atoms with Crippen molar-refractivity contribution in [3.8, 4) is 0 Å². The summed E-state index contributed by atoms with van der Waals surface area (Å²) < 4.78 is 12.9. The highest BCUT2D eigenvalue weighted by molar-refractivity contribution is 5.94. The zero-order valence-corrected chi connectivity index (χ0v) is 8.53. The molecule has 1 saturated heterocycles. The molecule has 1 amide bonds. The molecule has 0 aromatic heterocycles. The summed E-state index contributed by atoms with van der Waals surface area (Å²) in [5, 5.41) is 0. The third-order valence-electron chi connectivity index (χ3n) is 2.46. The van der Waals surface area contributed by atoms with E-state index in [1.54, 1.807) is 11.0 Å². The molecule has 0 saturated carbocycles. The van der Waals surface area contributed by atoms with E-state index in [1.165, 1.54) is 18.2 Å². The van der Waals surface area contributed by atoms with Crippen LogP contribution < -0.4 is 5.73 Å². The summed E-state index contributed by atoms with van der Waals surface area (Å²) in [7, 11) is 0. The summed E-state index contributed by atoms with van der Waals surface area (Å²) in [6.07, 6.45) is 0. The molecule has 80 valence electrons. The first kappa shape index (κ1) is 10.1. The Morgan fingerprint density at radius 1 is 1.53 bits per heavy atom. The number of likely N-dealkylation sites (tertiary alicyclic amines) is 1. The lowest BCUT2D eigenvalue weighted by Gasteiger charge is -2.45. The molecule has 1 heterocycles. The highest BCUT2D eigenvalue weighted by atomic mass is 19.1. The Morgan fingerprint density at radius 2 is 2.20 bits per heavy atom. The number of nitrogens with zero attached hydrogens (tertiary/aromatic N) is 1. The van der Waals surface area contributed by atoms with Gasteiger partial charge in [0.05, 0.1) is 0 Å². The van der Waals surface area contributed by atoms with Crippen LogP contribution in [0, 0.1) is 5.82 Å². The summed E-state index contributed by atoms with van der Waals surface area (Å²) in [5.74, 6) is -0.547. The maximum absolute atomic E-state index is 12.9. The van der Waals surface area contributed by atoms with Crippen molar-refractivity contribution in [2.24, 2.45) is 5.73 Å². The third kappa shape index (κ3) is 1.99. The van der Waals surface area contributed by atoms with Crippen LogP contribution in [0.3, 0.4) is 0 Å². The number of carbonyl (C=O) groups is 1. The summed E-state index contributed by atoms with van der Waals surface area (Å²) in [6, 6.07) is 5.70. The van der Waals surface area contributed by atoms with Crippen molar-refractivity contribution in [3.05, 3.63) is 35.6 Å². The highest BCUT2D eigenvalue weighted by Gasteiger charge is 2.38. The van der Waals surface area contributed by atoms with Gasteiger partial charge >= 0.3 is 0 Å². The van der Waals surface area contributed by atoms with Crippen LogP contribution >= 0.6 is 0 Å². The molecule has 15 heavy (non-hydrogen) atoms. The van der Waals surface area contributed by atoms with Gasteiger partial charge in [-0.25, -0.2) is 4.39 Å². The fourth-order valence-corrected chi connectivity index (χ4v) is 1.77. The van der Waals surface area contributed by atoms with E-state index in [-0.39, 0.29) is 11.4 Å². The molecule has 1 aliphatic heterocycles. The van der Waals surface area contributed by atoms with Gasteiger partial charge in [0.15, 0.2) is 0 Å². The molecule has 2 rings (SSSR count). The molecule has 2 N–H and O–H groups in total. The predicted molar refractivity (Wildman–Crippen MR) is 54.9 cm³/mol. The van der Waals surface area contributed by atoms with Crippen LogP contribution in [-0.4, -0.2) is 29.4 Å². The van der Waals surface area contributed by atoms with Gasteiger partial charge in [-0.1, -0.05) is 6.07 Å². The minimum atomic E-state index is -0.392. The number of rotatable bonds is 1. The fraction of sp³-hybridized carbons (Fsp3) is 0.364. The summed E-state index contributed by atoms with van der Waals surface area (Å²) >= 11 is 0. The zero-order chi connectivity index (χ0) is 11.1. The molecule has 0 unspecified atom stereocenters. The van der Waals surface area contributed by atoms with E-state index >= 15 is 0 Å². The second kappa shape index (κ2) is 3.31. The molecule has 1 fully saturated rings. The molecular weight excluding hydrogens is 195 g/mol. The van der Waals surface area contributed by atoms with E-state index in [1.807, 2.05) is 6.92 Å².